The standard InChI is InChI=1S/C20H16N2O2S/c1-12-18(25-11-21-12)14-6-7-17-16(10-14)20(19(23)22-17)15-5-3-2-4-13(15)8-9-24-20/h2-7,10-11H,8-9H2,1H3,(H,22,23). The summed E-state index contributed by atoms with van der Waals surface area (Å²) in [5, 5.41) is 3.01. The van der Waals surface area contributed by atoms with Crippen LogP contribution in [-0.4, -0.2) is 17.5 Å². The number of carbonyl (C=O) groups excluding carboxylic acids is 1. The van der Waals surface area contributed by atoms with E-state index in [0.717, 1.165) is 39.4 Å². The van der Waals surface area contributed by atoms with E-state index in [2.05, 4.69) is 22.4 Å². The highest BCUT2D eigenvalue weighted by atomic mass is 32.1. The van der Waals surface area contributed by atoms with Crippen molar-refractivity contribution in [1.29, 1.82) is 0 Å². The number of nitrogens with one attached hydrogen (secondary N) is 1. The van der Waals surface area contributed by atoms with Crippen LogP contribution in [0.15, 0.2) is 48.0 Å². The summed E-state index contributed by atoms with van der Waals surface area (Å²) >= 11 is 1.61. The SMILES string of the molecule is Cc1ncsc1-c1ccc2c(c1)C1(OCCc3ccccc31)C(=O)N2. The van der Waals surface area contributed by atoms with Gasteiger partial charge in [0.2, 0.25) is 0 Å². The molecule has 1 amide bonds. The van der Waals surface area contributed by atoms with E-state index in [4.69, 9.17) is 4.74 Å². The monoisotopic (exact) mass is 348 g/mol. The van der Waals surface area contributed by atoms with Gasteiger partial charge in [0.1, 0.15) is 0 Å². The van der Waals surface area contributed by atoms with Gasteiger partial charge < -0.3 is 10.1 Å². The molecule has 0 saturated carbocycles. The summed E-state index contributed by atoms with van der Waals surface area (Å²) in [5.74, 6) is -0.104. The Morgan fingerprint density at radius 3 is 2.92 bits per heavy atom. The molecule has 1 aromatic heterocycles. The predicted molar refractivity (Wildman–Crippen MR) is 97.8 cm³/mol. The lowest BCUT2D eigenvalue weighted by molar-refractivity contribution is -0.137. The maximum atomic E-state index is 13.0. The molecule has 1 unspecified atom stereocenters. The van der Waals surface area contributed by atoms with Crippen molar-refractivity contribution >= 4 is 22.9 Å². The number of benzene rings is 2. The van der Waals surface area contributed by atoms with Crippen LogP contribution in [0.4, 0.5) is 5.69 Å². The predicted octanol–water partition coefficient (Wildman–Crippen LogP) is 3.89. The molecule has 2 aliphatic rings. The Bertz CT molecular complexity index is 1010. The Morgan fingerprint density at radius 1 is 1.20 bits per heavy atom. The molecule has 1 spiro atoms. The van der Waals surface area contributed by atoms with Crippen LogP contribution >= 0.6 is 11.3 Å². The number of fused-ring (bicyclic) bond motifs is 4. The van der Waals surface area contributed by atoms with E-state index in [1.165, 1.54) is 5.56 Å². The number of amides is 1. The minimum absolute atomic E-state index is 0.104. The van der Waals surface area contributed by atoms with E-state index < -0.39 is 5.60 Å². The third-order valence-electron chi connectivity index (χ3n) is 5.06. The zero-order valence-electron chi connectivity index (χ0n) is 13.7. The maximum absolute atomic E-state index is 13.0. The first-order valence-corrected chi connectivity index (χ1v) is 9.17. The molecule has 5 heteroatoms. The molecule has 0 aliphatic carbocycles. The van der Waals surface area contributed by atoms with Crippen molar-refractivity contribution < 1.29 is 9.53 Å². The Balaban J connectivity index is 1.76. The zero-order valence-corrected chi connectivity index (χ0v) is 14.5. The Morgan fingerprint density at radius 2 is 2.08 bits per heavy atom. The van der Waals surface area contributed by atoms with Crippen molar-refractivity contribution in [2.24, 2.45) is 0 Å². The van der Waals surface area contributed by atoms with Crippen molar-refractivity contribution in [3.63, 3.8) is 0 Å². The van der Waals surface area contributed by atoms with Crippen LogP contribution in [0.3, 0.4) is 0 Å². The smallest absolute Gasteiger partial charge is 0.266 e. The van der Waals surface area contributed by atoms with E-state index in [-0.39, 0.29) is 5.91 Å². The number of anilines is 1. The molecule has 0 radical (unpaired) electrons. The van der Waals surface area contributed by atoms with Crippen molar-refractivity contribution in [2.45, 2.75) is 18.9 Å². The number of nitrogens with zero attached hydrogens (tertiary/aromatic N) is 1. The number of rotatable bonds is 1. The first-order chi connectivity index (χ1) is 12.2. The maximum Gasteiger partial charge on any atom is 0.266 e. The Kier molecular flexibility index (Phi) is 3.11. The summed E-state index contributed by atoms with van der Waals surface area (Å²) < 4.78 is 6.17. The summed E-state index contributed by atoms with van der Waals surface area (Å²) in [6.07, 6.45) is 0.828. The fraction of sp³-hybridized carbons (Fsp3) is 0.200. The Labute approximate surface area is 149 Å². The van der Waals surface area contributed by atoms with Crippen LogP contribution in [0.1, 0.15) is 22.4 Å². The van der Waals surface area contributed by atoms with E-state index in [1.807, 2.05) is 42.8 Å². The van der Waals surface area contributed by atoms with Gasteiger partial charge in [0.15, 0.2) is 5.60 Å². The largest absolute Gasteiger partial charge is 0.355 e. The number of hydrogen-bond acceptors (Lipinski definition) is 4. The van der Waals surface area contributed by atoms with Crippen molar-refractivity contribution in [2.75, 3.05) is 11.9 Å². The minimum atomic E-state index is -1.04. The van der Waals surface area contributed by atoms with E-state index in [0.29, 0.717) is 6.61 Å². The second-order valence-electron chi connectivity index (χ2n) is 6.42. The van der Waals surface area contributed by atoms with Gasteiger partial charge in [-0.2, -0.15) is 0 Å². The van der Waals surface area contributed by atoms with Gasteiger partial charge in [0, 0.05) is 16.8 Å². The highest BCUT2D eigenvalue weighted by Gasteiger charge is 2.52. The lowest BCUT2D eigenvalue weighted by atomic mass is 9.81. The molecule has 3 heterocycles. The number of hydrogen-bond donors (Lipinski definition) is 1. The van der Waals surface area contributed by atoms with Crippen LogP contribution in [0, 0.1) is 6.92 Å². The molecule has 0 fully saturated rings. The molecule has 2 aliphatic heterocycles. The molecular formula is C20H16N2O2S. The van der Waals surface area contributed by atoms with Gasteiger partial charge in [-0.3, -0.25) is 4.79 Å². The summed E-state index contributed by atoms with van der Waals surface area (Å²) in [5.41, 5.74) is 6.74. The summed E-state index contributed by atoms with van der Waals surface area (Å²) in [4.78, 5) is 18.5. The van der Waals surface area contributed by atoms with Crippen molar-refractivity contribution in [3.05, 3.63) is 70.4 Å². The number of aryl methyl sites for hydroxylation is 1. The van der Waals surface area contributed by atoms with Crippen LogP contribution in [0.25, 0.3) is 10.4 Å². The van der Waals surface area contributed by atoms with E-state index in [1.54, 1.807) is 11.3 Å². The third-order valence-corrected chi connectivity index (χ3v) is 6.04. The molecule has 1 atom stereocenters. The number of aromatic nitrogens is 1. The third kappa shape index (κ3) is 1.97. The molecule has 1 N–H and O–H groups in total. The van der Waals surface area contributed by atoms with Crippen LogP contribution in [0.5, 0.6) is 0 Å². The molecule has 4 nitrogen and oxygen atoms in total. The van der Waals surface area contributed by atoms with Gasteiger partial charge >= 0.3 is 0 Å². The lowest BCUT2D eigenvalue weighted by Gasteiger charge is -2.34. The second-order valence-corrected chi connectivity index (χ2v) is 7.27. The number of thiazole rings is 1. The average Bonchev–Trinajstić information content (AvgIpc) is 3.18. The molecular weight excluding hydrogens is 332 g/mol. The van der Waals surface area contributed by atoms with Crippen LogP contribution < -0.4 is 5.32 Å². The van der Waals surface area contributed by atoms with Crippen LogP contribution in [0.2, 0.25) is 0 Å². The molecule has 25 heavy (non-hydrogen) atoms. The van der Waals surface area contributed by atoms with Gasteiger partial charge in [-0.25, -0.2) is 4.98 Å². The zero-order chi connectivity index (χ0) is 17.0. The first-order valence-electron chi connectivity index (χ1n) is 8.29. The molecule has 3 aromatic rings. The molecule has 0 saturated heterocycles. The molecule has 124 valence electrons. The summed E-state index contributed by atoms with van der Waals surface area (Å²) in [6.45, 7) is 2.54. The minimum Gasteiger partial charge on any atom is -0.355 e. The van der Waals surface area contributed by atoms with Gasteiger partial charge in [-0.05, 0) is 36.6 Å². The molecule has 5 rings (SSSR count). The Hall–Kier alpha value is -2.50. The van der Waals surface area contributed by atoms with Crippen molar-refractivity contribution in [1.82, 2.24) is 4.98 Å². The van der Waals surface area contributed by atoms with Crippen LogP contribution in [-0.2, 0) is 21.6 Å². The second kappa shape index (κ2) is 5.25. The summed E-state index contributed by atoms with van der Waals surface area (Å²) in [7, 11) is 0. The highest BCUT2D eigenvalue weighted by molar-refractivity contribution is 7.13. The van der Waals surface area contributed by atoms with Gasteiger partial charge in [0.05, 0.1) is 22.7 Å². The highest BCUT2D eigenvalue weighted by Crippen LogP contribution is 2.48. The normalized spacial score (nSPS) is 21.1. The average molecular weight is 348 g/mol. The lowest BCUT2D eigenvalue weighted by Crippen LogP contribution is -2.42. The van der Waals surface area contributed by atoms with Gasteiger partial charge in [0.25, 0.3) is 5.91 Å². The topological polar surface area (TPSA) is 51.2 Å². The molecule has 0 bridgehead atoms. The van der Waals surface area contributed by atoms with E-state index in [9.17, 15) is 4.79 Å². The summed E-state index contributed by atoms with van der Waals surface area (Å²) in [6, 6.07) is 14.2. The van der Waals surface area contributed by atoms with Gasteiger partial charge in [-0.1, -0.05) is 30.3 Å². The van der Waals surface area contributed by atoms with Gasteiger partial charge in [-0.15, -0.1) is 11.3 Å². The molecule has 2 aromatic carbocycles. The number of carbonyl (C=O) groups is 1. The number of ether oxygens (including phenoxy) is 1. The fourth-order valence-electron chi connectivity index (χ4n) is 3.88. The first kappa shape index (κ1) is 14.8. The van der Waals surface area contributed by atoms with Crippen molar-refractivity contribution in [3.8, 4) is 10.4 Å². The fourth-order valence-corrected chi connectivity index (χ4v) is 4.68. The van der Waals surface area contributed by atoms with E-state index >= 15 is 0 Å². The quantitative estimate of drug-likeness (QED) is 0.726.